The molecule has 2 N–H and O–H groups in total. The molecule has 1 amide bonds. The number of fused-ring (bicyclic) bond motifs is 2. The second-order valence-corrected chi connectivity index (χ2v) is 5.53. The lowest BCUT2D eigenvalue weighted by atomic mass is 9.98. The highest BCUT2D eigenvalue weighted by Gasteiger charge is 2.35. The normalized spacial score (nSPS) is 31.8. The van der Waals surface area contributed by atoms with Gasteiger partial charge in [-0.05, 0) is 39.2 Å². The van der Waals surface area contributed by atoms with E-state index in [4.69, 9.17) is 0 Å². The maximum absolute atomic E-state index is 11.7. The summed E-state index contributed by atoms with van der Waals surface area (Å²) < 4.78 is 0. The van der Waals surface area contributed by atoms with E-state index in [1.807, 2.05) is 0 Å². The van der Waals surface area contributed by atoms with Crippen molar-refractivity contribution in [2.75, 3.05) is 20.1 Å². The Morgan fingerprint density at radius 3 is 2.59 bits per heavy atom. The Morgan fingerprint density at radius 2 is 2.00 bits per heavy atom. The van der Waals surface area contributed by atoms with Gasteiger partial charge in [0.1, 0.15) is 0 Å². The summed E-state index contributed by atoms with van der Waals surface area (Å²) in [6.07, 6.45) is 6.04. The molecule has 0 aromatic carbocycles. The average Bonchev–Trinajstić information content (AvgIpc) is 2.65. The minimum absolute atomic E-state index is 0.167. The van der Waals surface area contributed by atoms with Crippen molar-refractivity contribution in [3.8, 4) is 0 Å². The molecule has 2 aliphatic heterocycles. The van der Waals surface area contributed by atoms with Crippen LogP contribution in [0.5, 0.6) is 0 Å². The molecule has 2 fully saturated rings. The van der Waals surface area contributed by atoms with Crippen molar-refractivity contribution in [1.82, 2.24) is 15.5 Å². The van der Waals surface area contributed by atoms with Crippen LogP contribution in [0.4, 0.5) is 0 Å². The largest absolute Gasteiger partial charge is 0.355 e. The van der Waals surface area contributed by atoms with Gasteiger partial charge >= 0.3 is 0 Å². The molecule has 0 aromatic rings. The number of nitrogens with one attached hydrogen (secondary N) is 2. The van der Waals surface area contributed by atoms with Crippen molar-refractivity contribution in [1.29, 1.82) is 0 Å². The van der Waals surface area contributed by atoms with Crippen molar-refractivity contribution < 1.29 is 4.79 Å². The monoisotopic (exact) mass is 239 g/mol. The fraction of sp³-hybridized carbons (Fsp3) is 0.923. The first kappa shape index (κ1) is 12.8. The van der Waals surface area contributed by atoms with Crippen LogP contribution >= 0.6 is 0 Å². The Labute approximate surface area is 104 Å². The summed E-state index contributed by atoms with van der Waals surface area (Å²) >= 11 is 0. The first-order chi connectivity index (χ1) is 8.19. The molecule has 0 saturated carbocycles. The Bertz CT molecular complexity index is 257. The van der Waals surface area contributed by atoms with E-state index in [1.165, 1.54) is 25.7 Å². The summed E-state index contributed by atoms with van der Waals surface area (Å²) in [5, 5.41) is 6.58. The quantitative estimate of drug-likeness (QED) is 0.743. The van der Waals surface area contributed by atoms with Gasteiger partial charge in [0.15, 0.2) is 0 Å². The highest BCUT2D eigenvalue weighted by atomic mass is 16.2. The van der Waals surface area contributed by atoms with Gasteiger partial charge in [-0.1, -0.05) is 6.92 Å². The third kappa shape index (κ3) is 3.42. The van der Waals surface area contributed by atoms with Crippen LogP contribution in [0.3, 0.4) is 0 Å². The van der Waals surface area contributed by atoms with E-state index >= 15 is 0 Å². The molecule has 2 heterocycles. The van der Waals surface area contributed by atoms with Crippen LogP contribution in [0.25, 0.3) is 0 Å². The fourth-order valence-corrected chi connectivity index (χ4v) is 3.06. The van der Waals surface area contributed by atoms with Crippen LogP contribution in [-0.2, 0) is 4.79 Å². The van der Waals surface area contributed by atoms with Crippen LogP contribution in [-0.4, -0.2) is 49.1 Å². The van der Waals surface area contributed by atoms with Crippen LogP contribution in [0.2, 0.25) is 0 Å². The summed E-state index contributed by atoms with van der Waals surface area (Å²) in [5.41, 5.74) is 0. The molecular weight excluding hydrogens is 214 g/mol. The SMILES string of the molecule is CCCNC(=O)CN(C)C1CC2CCC(C1)N2. The Balaban J connectivity index is 1.76. The van der Waals surface area contributed by atoms with E-state index in [0.29, 0.717) is 24.7 Å². The van der Waals surface area contributed by atoms with Crippen LogP contribution in [0, 0.1) is 0 Å². The summed E-state index contributed by atoms with van der Waals surface area (Å²) in [6, 6.07) is 1.97. The number of carbonyl (C=O) groups excluding carboxylic acids is 1. The van der Waals surface area contributed by atoms with Crippen LogP contribution in [0.1, 0.15) is 39.0 Å². The lowest BCUT2D eigenvalue weighted by Gasteiger charge is -2.35. The van der Waals surface area contributed by atoms with Crippen molar-refractivity contribution in [2.45, 2.75) is 57.2 Å². The third-order valence-electron chi connectivity index (χ3n) is 4.04. The highest BCUT2D eigenvalue weighted by Crippen LogP contribution is 2.28. The lowest BCUT2D eigenvalue weighted by molar-refractivity contribution is -0.122. The Hall–Kier alpha value is -0.610. The Kier molecular flexibility index (Phi) is 4.40. The van der Waals surface area contributed by atoms with Gasteiger partial charge in [0.05, 0.1) is 6.54 Å². The van der Waals surface area contributed by atoms with Gasteiger partial charge in [-0.3, -0.25) is 9.69 Å². The zero-order valence-electron chi connectivity index (χ0n) is 11.0. The summed E-state index contributed by atoms with van der Waals surface area (Å²) in [5.74, 6) is 0.167. The molecule has 2 atom stereocenters. The topological polar surface area (TPSA) is 44.4 Å². The number of piperidine rings is 1. The minimum Gasteiger partial charge on any atom is -0.355 e. The maximum atomic E-state index is 11.7. The average molecular weight is 239 g/mol. The van der Waals surface area contributed by atoms with Gasteiger partial charge in [-0.25, -0.2) is 0 Å². The van der Waals surface area contributed by atoms with E-state index in [0.717, 1.165) is 13.0 Å². The zero-order chi connectivity index (χ0) is 12.3. The number of hydrogen-bond donors (Lipinski definition) is 2. The molecule has 4 nitrogen and oxygen atoms in total. The molecular formula is C13H25N3O. The predicted octanol–water partition coefficient (Wildman–Crippen LogP) is 0.727. The number of nitrogens with zero attached hydrogens (tertiary/aromatic N) is 1. The van der Waals surface area contributed by atoms with E-state index in [1.54, 1.807) is 0 Å². The second kappa shape index (κ2) is 5.83. The number of rotatable bonds is 5. The first-order valence-electron chi connectivity index (χ1n) is 6.92. The number of amides is 1. The zero-order valence-corrected chi connectivity index (χ0v) is 11.0. The number of carbonyl (C=O) groups is 1. The van der Waals surface area contributed by atoms with Gasteiger partial charge in [0.25, 0.3) is 0 Å². The molecule has 2 unspecified atom stereocenters. The van der Waals surface area contributed by atoms with E-state index in [2.05, 4.69) is 29.5 Å². The molecule has 2 aliphatic rings. The molecule has 2 bridgehead atoms. The molecule has 0 aliphatic carbocycles. The molecule has 2 saturated heterocycles. The summed E-state index contributed by atoms with van der Waals surface area (Å²) in [6.45, 7) is 3.42. The van der Waals surface area contributed by atoms with Crippen molar-refractivity contribution in [2.24, 2.45) is 0 Å². The summed E-state index contributed by atoms with van der Waals surface area (Å²) in [4.78, 5) is 13.9. The molecule has 0 aromatic heterocycles. The van der Waals surface area contributed by atoms with Crippen molar-refractivity contribution in [3.63, 3.8) is 0 Å². The van der Waals surface area contributed by atoms with Crippen LogP contribution < -0.4 is 10.6 Å². The van der Waals surface area contributed by atoms with Crippen LogP contribution in [0.15, 0.2) is 0 Å². The van der Waals surface area contributed by atoms with Gasteiger partial charge in [-0.2, -0.15) is 0 Å². The second-order valence-electron chi connectivity index (χ2n) is 5.53. The van der Waals surface area contributed by atoms with Gasteiger partial charge < -0.3 is 10.6 Å². The standard InChI is InChI=1S/C13H25N3O/c1-3-6-14-13(17)9-16(2)12-7-10-4-5-11(8-12)15-10/h10-12,15H,3-9H2,1-2H3,(H,14,17). The number of likely N-dealkylation sites (N-methyl/N-ethyl adjacent to an activating group) is 1. The van der Waals surface area contributed by atoms with Gasteiger partial charge in [0.2, 0.25) is 5.91 Å². The predicted molar refractivity (Wildman–Crippen MR) is 68.9 cm³/mol. The molecule has 2 rings (SSSR count). The highest BCUT2D eigenvalue weighted by molar-refractivity contribution is 5.77. The molecule has 4 heteroatoms. The molecule has 0 radical (unpaired) electrons. The van der Waals surface area contributed by atoms with Gasteiger partial charge in [0, 0.05) is 24.7 Å². The van der Waals surface area contributed by atoms with E-state index in [-0.39, 0.29) is 5.91 Å². The summed E-state index contributed by atoms with van der Waals surface area (Å²) in [7, 11) is 2.08. The van der Waals surface area contributed by atoms with E-state index < -0.39 is 0 Å². The van der Waals surface area contributed by atoms with Crippen molar-refractivity contribution >= 4 is 5.91 Å². The molecule has 0 spiro atoms. The van der Waals surface area contributed by atoms with Crippen molar-refractivity contribution in [3.05, 3.63) is 0 Å². The minimum atomic E-state index is 0.167. The fourth-order valence-electron chi connectivity index (χ4n) is 3.06. The molecule has 17 heavy (non-hydrogen) atoms. The molecule has 98 valence electrons. The third-order valence-corrected chi connectivity index (χ3v) is 4.04. The Morgan fingerprint density at radius 1 is 1.35 bits per heavy atom. The van der Waals surface area contributed by atoms with Gasteiger partial charge in [-0.15, -0.1) is 0 Å². The maximum Gasteiger partial charge on any atom is 0.234 e. The van der Waals surface area contributed by atoms with E-state index in [9.17, 15) is 4.79 Å². The first-order valence-corrected chi connectivity index (χ1v) is 6.92. The smallest absolute Gasteiger partial charge is 0.234 e. The number of hydrogen-bond acceptors (Lipinski definition) is 3. The lowest BCUT2D eigenvalue weighted by Crippen LogP contribution is -2.49.